The third-order valence-electron chi connectivity index (χ3n) is 2.54. The molecule has 2 rings (SSSR count). The van der Waals surface area contributed by atoms with Gasteiger partial charge < -0.3 is 17.5 Å². The Hall–Kier alpha value is -0.540. The molecule has 19 heavy (non-hydrogen) atoms. The highest BCUT2D eigenvalue weighted by Crippen LogP contribution is 2.21. The first kappa shape index (κ1) is 16.5. The summed E-state index contributed by atoms with van der Waals surface area (Å²) in [6.45, 7) is 0. The summed E-state index contributed by atoms with van der Waals surface area (Å²) in [5.74, 6) is 1.29. The van der Waals surface area contributed by atoms with E-state index >= 15 is 0 Å². The highest BCUT2D eigenvalue weighted by Gasteiger charge is 2.06. The zero-order valence-electron chi connectivity index (χ0n) is 9.98. The lowest BCUT2D eigenvalue weighted by molar-refractivity contribution is -0.00000442. The summed E-state index contributed by atoms with van der Waals surface area (Å²) in [4.78, 5) is 1.19. The first-order valence-corrected chi connectivity index (χ1v) is 7.39. The Labute approximate surface area is 133 Å². The van der Waals surface area contributed by atoms with E-state index in [4.69, 9.17) is 23.2 Å². The molecule has 0 aromatic heterocycles. The molecule has 102 valence electrons. The summed E-state index contributed by atoms with van der Waals surface area (Å²) in [5, 5.41) is 10.6. The van der Waals surface area contributed by atoms with Crippen LogP contribution in [0.3, 0.4) is 0 Å². The van der Waals surface area contributed by atoms with Gasteiger partial charge in [-0.15, -0.1) is 0 Å². The number of hydrogen-bond donors (Lipinski definition) is 1. The van der Waals surface area contributed by atoms with Crippen molar-refractivity contribution in [1.29, 1.82) is 0 Å². The van der Waals surface area contributed by atoms with E-state index in [-0.39, 0.29) is 12.4 Å². The number of rotatable bonds is 4. The van der Waals surface area contributed by atoms with Crippen LogP contribution in [-0.4, -0.2) is 10.9 Å². The van der Waals surface area contributed by atoms with E-state index in [1.54, 1.807) is 18.2 Å². The van der Waals surface area contributed by atoms with Crippen LogP contribution in [0.1, 0.15) is 5.56 Å². The molecule has 0 fully saturated rings. The minimum absolute atomic E-state index is 0. The van der Waals surface area contributed by atoms with Crippen molar-refractivity contribution in [1.82, 2.24) is 0 Å². The van der Waals surface area contributed by atoms with Gasteiger partial charge in [0, 0.05) is 28.2 Å². The van der Waals surface area contributed by atoms with Gasteiger partial charge >= 0.3 is 0 Å². The molecule has 0 spiro atoms. The van der Waals surface area contributed by atoms with Gasteiger partial charge in [0.15, 0.2) is 4.90 Å². The van der Waals surface area contributed by atoms with E-state index in [9.17, 15) is 5.11 Å². The molecule has 0 saturated carbocycles. The van der Waals surface area contributed by atoms with Gasteiger partial charge in [-0.1, -0.05) is 29.3 Å². The van der Waals surface area contributed by atoms with E-state index in [1.807, 2.05) is 24.3 Å². The molecule has 0 unspecified atom stereocenters. The maximum Gasteiger partial charge on any atom is 0.152 e. The van der Waals surface area contributed by atoms with Crippen molar-refractivity contribution >= 4 is 35.0 Å². The Morgan fingerprint density at radius 1 is 1.00 bits per heavy atom. The van der Waals surface area contributed by atoms with Crippen LogP contribution >= 0.6 is 23.2 Å². The van der Waals surface area contributed by atoms with Gasteiger partial charge in [-0.2, -0.15) is 0 Å². The second-order valence-electron chi connectivity index (χ2n) is 3.88. The highest BCUT2D eigenvalue weighted by atomic mass is 35.5. The Kier molecular flexibility index (Phi) is 6.87. The topological polar surface area (TPSA) is 20.2 Å². The van der Waals surface area contributed by atoms with Crippen molar-refractivity contribution in [3.8, 4) is 5.75 Å². The van der Waals surface area contributed by atoms with Gasteiger partial charge in [0.05, 0.1) is 0 Å². The van der Waals surface area contributed by atoms with Crippen LogP contribution < -0.4 is 12.4 Å². The first-order valence-electron chi connectivity index (χ1n) is 5.55. The lowest BCUT2D eigenvalue weighted by Crippen LogP contribution is -3.00. The number of aryl methyl sites for hydroxylation is 1. The van der Waals surface area contributed by atoms with E-state index in [2.05, 4.69) is 0 Å². The molecule has 1 nitrogen and oxygen atoms in total. The molecule has 0 bridgehead atoms. The van der Waals surface area contributed by atoms with E-state index < -0.39 is 0 Å². The fourth-order valence-corrected chi connectivity index (χ4v) is 3.06. The summed E-state index contributed by atoms with van der Waals surface area (Å²) in [6, 6.07) is 12.9. The SMILES string of the molecule is Oc1ccc([SH+]CCc2ccc(Cl)cc2Cl)cc1.[Cl-]. The second kappa shape index (κ2) is 7.91. The number of phenolic OH excluding ortho intramolecular Hbond substituents is 1. The number of hydrogen-bond acceptors (Lipinski definition) is 1. The fourth-order valence-electron chi connectivity index (χ4n) is 1.59. The Morgan fingerprint density at radius 2 is 1.68 bits per heavy atom. The van der Waals surface area contributed by atoms with Crippen LogP contribution in [0.4, 0.5) is 0 Å². The molecule has 0 radical (unpaired) electrons. The van der Waals surface area contributed by atoms with Crippen molar-refractivity contribution in [3.05, 3.63) is 58.1 Å². The Bertz CT molecular complexity index is 529. The van der Waals surface area contributed by atoms with Gasteiger partial charge in [-0.3, -0.25) is 0 Å². The van der Waals surface area contributed by atoms with Gasteiger partial charge in [-0.25, -0.2) is 0 Å². The third kappa shape index (κ3) is 5.15. The standard InChI is InChI=1S/C14H12Cl2OS.ClH/c15-11-2-1-10(14(16)9-11)7-8-18-13-5-3-12(17)4-6-13;/h1-6,9,17H,7-8H2;1H. The smallest absolute Gasteiger partial charge is 0.152 e. The van der Waals surface area contributed by atoms with Gasteiger partial charge in [0.1, 0.15) is 11.5 Å². The van der Waals surface area contributed by atoms with Gasteiger partial charge in [0.25, 0.3) is 0 Å². The molecule has 5 heteroatoms. The predicted octanol–water partition coefficient (Wildman–Crippen LogP) is 1.12. The third-order valence-corrected chi connectivity index (χ3v) is 4.24. The lowest BCUT2D eigenvalue weighted by Gasteiger charge is -2.01. The summed E-state index contributed by atoms with van der Waals surface area (Å²) in [5.41, 5.74) is 1.12. The number of aromatic hydroxyl groups is 1. The van der Waals surface area contributed by atoms with E-state index in [0.29, 0.717) is 10.8 Å². The van der Waals surface area contributed by atoms with Crippen LogP contribution in [0.5, 0.6) is 5.75 Å². The van der Waals surface area contributed by atoms with Crippen LogP contribution in [0.15, 0.2) is 47.4 Å². The maximum absolute atomic E-state index is 9.19. The normalized spacial score (nSPS) is 10.0. The van der Waals surface area contributed by atoms with E-state index in [1.165, 1.54) is 16.7 Å². The largest absolute Gasteiger partial charge is 1.00 e. The average molecular weight is 336 g/mol. The molecule has 0 aliphatic heterocycles. The quantitative estimate of drug-likeness (QED) is 0.656. The van der Waals surface area contributed by atoms with Crippen LogP contribution in [-0.2, 0) is 18.2 Å². The monoisotopic (exact) mass is 334 g/mol. The van der Waals surface area contributed by atoms with Crippen LogP contribution in [0.2, 0.25) is 10.0 Å². The van der Waals surface area contributed by atoms with Crippen molar-refractivity contribution in [3.63, 3.8) is 0 Å². The molecule has 0 heterocycles. The minimum Gasteiger partial charge on any atom is -1.00 e. The molecule has 0 saturated heterocycles. The van der Waals surface area contributed by atoms with Crippen LogP contribution in [0.25, 0.3) is 0 Å². The first-order chi connectivity index (χ1) is 8.65. The molecule has 0 amide bonds. The Balaban J connectivity index is 0.00000180. The number of halogens is 3. The minimum atomic E-state index is 0. The fraction of sp³-hybridized carbons (Fsp3) is 0.143. The number of benzene rings is 2. The van der Waals surface area contributed by atoms with Crippen molar-refractivity contribution in [2.45, 2.75) is 11.3 Å². The maximum atomic E-state index is 9.19. The predicted molar refractivity (Wildman–Crippen MR) is 80.2 cm³/mol. The number of thiol groups is 1. The molecular formula is C14H13Cl3OS. The van der Waals surface area contributed by atoms with Crippen molar-refractivity contribution in [2.24, 2.45) is 0 Å². The molecule has 0 aliphatic rings. The number of phenols is 1. The molecule has 2 aromatic rings. The molecule has 0 aliphatic carbocycles. The van der Waals surface area contributed by atoms with Crippen molar-refractivity contribution < 1.29 is 17.5 Å². The molecule has 0 atom stereocenters. The highest BCUT2D eigenvalue weighted by molar-refractivity contribution is 7.78. The molecule has 1 N–H and O–H groups in total. The average Bonchev–Trinajstić information content (AvgIpc) is 2.34. The molecular weight excluding hydrogens is 323 g/mol. The summed E-state index contributed by atoms with van der Waals surface area (Å²) in [6.07, 6.45) is 0.915. The molecule has 2 aromatic carbocycles. The van der Waals surface area contributed by atoms with Gasteiger partial charge in [-0.05, 0) is 42.0 Å². The van der Waals surface area contributed by atoms with Crippen LogP contribution in [0, 0.1) is 0 Å². The second-order valence-corrected chi connectivity index (χ2v) is 6.01. The summed E-state index contributed by atoms with van der Waals surface area (Å²) >= 11 is 13.2. The van der Waals surface area contributed by atoms with E-state index in [0.717, 1.165) is 22.8 Å². The summed E-state index contributed by atoms with van der Waals surface area (Å²) < 4.78 is 0. The van der Waals surface area contributed by atoms with Crippen molar-refractivity contribution in [2.75, 3.05) is 5.75 Å². The Morgan fingerprint density at radius 3 is 2.32 bits per heavy atom. The lowest BCUT2D eigenvalue weighted by atomic mass is 10.2. The summed E-state index contributed by atoms with van der Waals surface area (Å²) in [7, 11) is 0. The zero-order valence-corrected chi connectivity index (χ0v) is 13.1. The zero-order chi connectivity index (χ0) is 13.0. The van der Waals surface area contributed by atoms with Gasteiger partial charge in [0.2, 0.25) is 0 Å².